The molecule has 0 radical (unpaired) electrons. The lowest BCUT2D eigenvalue weighted by Gasteiger charge is -2.09. The Hall–Kier alpha value is -0.440. The van der Waals surface area contributed by atoms with Gasteiger partial charge < -0.3 is 5.11 Å². The van der Waals surface area contributed by atoms with Gasteiger partial charge in [-0.1, -0.05) is 19.3 Å². The van der Waals surface area contributed by atoms with Gasteiger partial charge in [-0.3, -0.25) is 0 Å². The Morgan fingerprint density at radius 3 is 2.50 bits per heavy atom. The molecule has 0 fully saturated rings. The molecule has 0 atom stereocenters. The molecule has 3 nitrogen and oxygen atoms in total. The van der Waals surface area contributed by atoms with Gasteiger partial charge in [0.2, 0.25) is 0 Å². The minimum absolute atomic E-state index is 0. The summed E-state index contributed by atoms with van der Waals surface area (Å²) in [7, 11) is 0. The Morgan fingerprint density at radius 1 is 1.58 bits per heavy atom. The summed E-state index contributed by atoms with van der Waals surface area (Å²) < 4.78 is 0. The molecule has 0 aromatic carbocycles. The predicted octanol–water partition coefficient (Wildman–Crippen LogP) is 2.37. The van der Waals surface area contributed by atoms with Crippen LogP contribution in [-0.4, -0.2) is 22.6 Å². The Labute approximate surface area is 90.2 Å². The van der Waals surface area contributed by atoms with Gasteiger partial charge >= 0.3 is 6.09 Å². The van der Waals surface area contributed by atoms with E-state index in [1.807, 2.05) is 6.92 Å². The molecule has 0 aliphatic rings. The second kappa shape index (κ2) is 8.65. The minimum Gasteiger partial charge on any atom is -0.464 e. The van der Waals surface area contributed by atoms with Crippen LogP contribution >= 0.6 is 24.0 Å². The van der Waals surface area contributed by atoms with E-state index in [0.29, 0.717) is 6.54 Å². The number of carbonyl (C=O) groups is 1. The van der Waals surface area contributed by atoms with Crippen molar-refractivity contribution < 1.29 is 9.90 Å². The highest BCUT2D eigenvalue weighted by Crippen LogP contribution is 1.93. The van der Waals surface area contributed by atoms with Gasteiger partial charge in [-0.05, 0) is 13.3 Å². The molecule has 0 rings (SSSR count). The largest absolute Gasteiger partial charge is 0.464 e. The Balaban J connectivity index is 0. The quantitative estimate of drug-likeness (QED) is 0.491. The minimum atomic E-state index is -0.965. The van der Waals surface area contributed by atoms with E-state index < -0.39 is 6.09 Å². The van der Waals surface area contributed by atoms with E-state index in [1.54, 1.807) is 6.92 Å². The molecule has 0 bridgehead atoms. The normalized spacial score (nSPS) is 7.50. The molecule has 1 N–H and O–H groups in total. The number of amides is 1. The van der Waals surface area contributed by atoms with E-state index in [4.69, 9.17) is 5.11 Å². The van der Waals surface area contributed by atoms with Gasteiger partial charge in [0, 0.05) is 12.6 Å². The number of nitrogens with zero attached hydrogens (tertiary/aromatic N) is 1. The molecule has 0 aliphatic heterocycles. The highest BCUT2D eigenvalue weighted by molar-refractivity contribution is 14.0. The first-order valence-electron chi connectivity index (χ1n) is 3.65. The summed E-state index contributed by atoms with van der Waals surface area (Å²) in [6, 6.07) is 2.50. The third-order valence-electron chi connectivity index (χ3n) is 1.21. The summed E-state index contributed by atoms with van der Waals surface area (Å²) in [5, 5.41) is 8.55. The second-order valence-electron chi connectivity index (χ2n) is 2.15. The molecule has 0 spiro atoms. The van der Waals surface area contributed by atoms with Crippen LogP contribution in [0.25, 0.3) is 0 Å². The van der Waals surface area contributed by atoms with Gasteiger partial charge in [-0.25, -0.2) is 9.69 Å². The standard InChI is InChI=1S/C8H13NO2.HI/c1-3-5-7-9(6-4-2)8(10)11;/h3,5,7H2,1-2H3,(H,10,11);1H. The zero-order valence-corrected chi connectivity index (χ0v) is 9.66. The van der Waals surface area contributed by atoms with E-state index in [9.17, 15) is 4.79 Å². The zero-order valence-electron chi connectivity index (χ0n) is 7.33. The van der Waals surface area contributed by atoms with Crippen molar-refractivity contribution in [3.05, 3.63) is 0 Å². The SMILES string of the molecule is CC#CN(CCCC)C(=O)O.I. The van der Waals surface area contributed by atoms with Crippen molar-refractivity contribution in [1.29, 1.82) is 0 Å². The van der Waals surface area contributed by atoms with E-state index in [1.165, 1.54) is 0 Å². The van der Waals surface area contributed by atoms with E-state index in [0.717, 1.165) is 17.7 Å². The van der Waals surface area contributed by atoms with Gasteiger partial charge in [-0.15, -0.1) is 24.0 Å². The van der Waals surface area contributed by atoms with Crippen LogP contribution in [0.1, 0.15) is 26.7 Å². The molecule has 70 valence electrons. The fraction of sp³-hybridized carbons (Fsp3) is 0.625. The Morgan fingerprint density at radius 2 is 2.17 bits per heavy atom. The van der Waals surface area contributed by atoms with Gasteiger partial charge in [-0.2, -0.15) is 0 Å². The highest BCUT2D eigenvalue weighted by Gasteiger charge is 2.05. The van der Waals surface area contributed by atoms with Crippen LogP contribution in [0.3, 0.4) is 0 Å². The number of hydrogen-bond acceptors (Lipinski definition) is 1. The number of unbranched alkanes of at least 4 members (excludes halogenated alkanes) is 1. The van der Waals surface area contributed by atoms with Crippen molar-refractivity contribution in [3.63, 3.8) is 0 Å². The van der Waals surface area contributed by atoms with Crippen molar-refractivity contribution in [1.82, 2.24) is 4.90 Å². The molecule has 0 unspecified atom stereocenters. The van der Waals surface area contributed by atoms with Crippen LogP contribution in [0.2, 0.25) is 0 Å². The van der Waals surface area contributed by atoms with Crippen molar-refractivity contribution in [2.24, 2.45) is 0 Å². The summed E-state index contributed by atoms with van der Waals surface area (Å²) in [4.78, 5) is 11.5. The molecule has 0 saturated heterocycles. The first-order chi connectivity index (χ1) is 5.22. The molecule has 1 amide bonds. The fourth-order valence-electron chi connectivity index (χ4n) is 0.651. The second-order valence-corrected chi connectivity index (χ2v) is 2.15. The molecule has 0 aromatic heterocycles. The van der Waals surface area contributed by atoms with Gasteiger partial charge in [0.25, 0.3) is 0 Å². The molecule has 0 aliphatic carbocycles. The molecule has 0 heterocycles. The van der Waals surface area contributed by atoms with E-state index in [-0.39, 0.29) is 24.0 Å². The lowest BCUT2D eigenvalue weighted by atomic mass is 10.3. The van der Waals surface area contributed by atoms with Gasteiger partial charge in [0.15, 0.2) is 0 Å². The predicted molar refractivity (Wildman–Crippen MR) is 58.5 cm³/mol. The number of hydrogen-bond donors (Lipinski definition) is 1. The molecule has 4 heteroatoms. The van der Waals surface area contributed by atoms with Gasteiger partial charge in [0.1, 0.15) is 0 Å². The number of rotatable bonds is 3. The average Bonchev–Trinajstić information content (AvgIpc) is 1.97. The van der Waals surface area contributed by atoms with Crippen LogP contribution in [-0.2, 0) is 0 Å². The van der Waals surface area contributed by atoms with Crippen molar-refractivity contribution in [2.75, 3.05) is 6.54 Å². The van der Waals surface area contributed by atoms with Crippen LogP contribution in [0.15, 0.2) is 0 Å². The van der Waals surface area contributed by atoms with Crippen molar-refractivity contribution in [3.8, 4) is 12.0 Å². The maximum absolute atomic E-state index is 10.4. The summed E-state index contributed by atoms with van der Waals surface area (Å²) >= 11 is 0. The van der Waals surface area contributed by atoms with Crippen LogP contribution in [0, 0.1) is 12.0 Å². The topological polar surface area (TPSA) is 40.5 Å². The van der Waals surface area contributed by atoms with Crippen molar-refractivity contribution >= 4 is 30.1 Å². The molecule has 0 saturated carbocycles. The summed E-state index contributed by atoms with van der Waals surface area (Å²) in [6.07, 6.45) is 0.878. The third kappa shape index (κ3) is 6.28. The fourth-order valence-corrected chi connectivity index (χ4v) is 0.651. The summed E-state index contributed by atoms with van der Waals surface area (Å²) in [6.45, 7) is 4.15. The summed E-state index contributed by atoms with van der Waals surface area (Å²) in [5.74, 6) is 2.55. The first-order valence-corrected chi connectivity index (χ1v) is 3.65. The summed E-state index contributed by atoms with van der Waals surface area (Å²) in [5.41, 5.74) is 0. The van der Waals surface area contributed by atoms with Crippen LogP contribution in [0.4, 0.5) is 4.79 Å². The van der Waals surface area contributed by atoms with E-state index in [2.05, 4.69) is 12.0 Å². The monoisotopic (exact) mass is 283 g/mol. The molecule has 0 aromatic rings. The molecular formula is C8H14INO2. The van der Waals surface area contributed by atoms with Gasteiger partial charge in [0.05, 0.1) is 0 Å². The smallest absolute Gasteiger partial charge is 0.419 e. The first kappa shape index (κ1) is 14.1. The van der Waals surface area contributed by atoms with Crippen molar-refractivity contribution in [2.45, 2.75) is 26.7 Å². The molecule has 12 heavy (non-hydrogen) atoms. The van der Waals surface area contributed by atoms with E-state index >= 15 is 0 Å². The van der Waals surface area contributed by atoms with Crippen LogP contribution in [0.5, 0.6) is 0 Å². The third-order valence-corrected chi connectivity index (χ3v) is 1.21. The maximum Gasteiger partial charge on any atom is 0.419 e. The molecular weight excluding hydrogens is 269 g/mol. The highest BCUT2D eigenvalue weighted by atomic mass is 127. The number of carboxylic acid groups (broad SMARTS) is 1. The number of halogens is 1. The lowest BCUT2D eigenvalue weighted by molar-refractivity contribution is 0.165. The Kier molecular flexibility index (Phi) is 10.2. The lowest BCUT2D eigenvalue weighted by Crippen LogP contribution is -2.25. The zero-order chi connectivity index (χ0) is 8.69. The maximum atomic E-state index is 10.4. The Bertz CT molecular complexity index is 183. The average molecular weight is 283 g/mol. The van der Waals surface area contributed by atoms with Crippen LogP contribution < -0.4 is 0 Å².